The summed E-state index contributed by atoms with van der Waals surface area (Å²) < 4.78 is 0. The lowest BCUT2D eigenvalue weighted by molar-refractivity contribution is 0.0962. The van der Waals surface area contributed by atoms with Gasteiger partial charge in [-0.1, -0.05) is 29.3 Å². The summed E-state index contributed by atoms with van der Waals surface area (Å²) in [6.45, 7) is 0. The number of anilines is 1. The van der Waals surface area contributed by atoms with Crippen LogP contribution in [0.5, 0.6) is 0 Å². The number of amides is 1. The van der Waals surface area contributed by atoms with E-state index in [1.165, 1.54) is 0 Å². The van der Waals surface area contributed by atoms with Gasteiger partial charge in [-0.2, -0.15) is 0 Å². The second-order valence-electron chi connectivity index (χ2n) is 3.11. The number of aromatic amines is 1. The van der Waals surface area contributed by atoms with Crippen LogP contribution in [-0.2, 0) is 0 Å². The molecule has 1 aromatic carbocycles. The number of aromatic nitrogens is 2. The van der Waals surface area contributed by atoms with Crippen molar-refractivity contribution in [3.63, 3.8) is 0 Å². The fraction of sp³-hybridized carbons (Fsp3) is 0. The van der Waals surface area contributed by atoms with E-state index in [1.807, 2.05) is 0 Å². The monoisotopic (exact) mass is 270 g/mol. The fourth-order valence-corrected chi connectivity index (χ4v) is 1.80. The van der Waals surface area contributed by atoms with Gasteiger partial charge in [-0.15, -0.1) is 0 Å². The maximum Gasteiger partial charge on any atom is 0.272 e. The number of carbonyl (C=O) groups excluding carboxylic acids is 1. The molecule has 88 valence electrons. The molecule has 0 atom stereocenters. The third-order valence-corrected chi connectivity index (χ3v) is 2.61. The highest BCUT2D eigenvalue weighted by molar-refractivity contribution is 6.39. The van der Waals surface area contributed by atoms with Crippen LogP contribution in [0.2, 0.25) is 10.0 Å². The quantitative estimate of drug-likeness (QED) is 0.751. The molecule has 7 heteroatoms. The Kier molecular flexibility index (Phi) is 3.51. The molecule has 0 aliphatic heterocycles. The minimum absolute atomic E-state index is 0.217. The van der Waals surface area contributed by atoms with Crippen molar-refractivity contribution >= 4 is 35.1 Å². The van der Waals surface area contributed by atoms with E-state index >= 15 is 0 Å². The number of nitrogens with one attached hydrogen (secondary N) is 3. The maximum absolute atomic E-state index is 11.8. The van der Waals surface area contributed by atoms with E-state index in [0.717, 1.165) is 0 Å². The largest absolute Gasteiger partial charge is 0.330 e. The van der Waals surface area contributed by atoms with E-state index in [4.69, 9.17) is 23.2 Å². The number of benzene rings is 1. The molecule has 0 aliphatic rings. The van der Waals surface area contributed by atoms with Gasteiger partial charge in [-0.25, -0.2) is 4.98 Å². The molecule has 1 amide bonds. The van der Waals surface area contributed by atoms with Crippen LogP contribution in [0.25, 0.3) is 0 Å². The highest BCUT2D eigenvalue weighted by Gasteiger charge is 2.14. The molecular weight excluding hydrogens is 263 g/mol. The number of nitrogens with zero attached hydrogens (tertiary/aromatic N) is 1. The number of carbonyl (C=O) groups is 1. The Morgan fingerprint density at radius 3 is 2.59 bits per heavy atom. The lowest BCUT2D eigenvalue weighted by Crippen LogP contribution is -2.30. The summed E-state index contributed by atoms with van der Waals surface area (Å²) in [7, 11) is 0. The first kappa shape index (κ1) is 11.8. The molecule has 0 unspecified atom stereocenters. The van der Waals surface area contributed by atoms with Crippen molar-refractivity contribution in [3.8, 4) is 0 Å². The summed E-state index contributed by atoms with van der Waals surface area (Å²) >= 11 is 11.8. The molecular formula is C10H8Cl2N4O. The molecule has 5 nitrogen and oxygen atoms in total. The topological polar surface area (TPSA) is 69.8 Å². The third-order valence-electron chi connectivity index (χ3n) is 1.98. The Morgan fingerprint density at radius 1 is 1.29 bits per heavy atom. The van der Waals surface area contributed by atoms with E-state index in [0.29, 0.717) is 5.95 Å². The van der Waals surface area contributed by atoms with Gasteiger partial charge in [0.1, 0.15) is 0 Å². The average molecular weight is 271 g/mol. The first-order chi connectivity index (χ1) is 8.18. The number of hydrazine groups is 1. The summed E-state index contributed by atoms with van der Waals surface area (Å²) in [5, 5.41) is 0.576. The van der Waals surface area contributed by atoms with Crippen molar-refractivity contribution in [3.05, 3.63) is 46.2 Å². The molecule has 2 rings (SSSR count). The van der Waals surface area contributed by atoms with Gasteiger partial charge in [0.15, 0.2) is 0 Å². The predicted octanol–water partition coefficient (Wildman–Crippen LogP) is 2.47. The Labute approximate surface area is 107 Å². The number of H-pyrrole nitrogens is 1. The fourth-order valence-electron chi connectivity index (χ4n) is 1.23. The number of imidazole rings is 1. The van der Waals surface area contributed by atoms with Crippen LogP contribution in [0.4, 0.5) is 5.95 Å². The first-order valence-electron chi connectivity index (χ1n) is 4.68. The van der Waals surface area contributed by atoms with Crippen LogP contribution in [0, 0.1) is 0 Å². The molecule has 0 fully saturated rings. The molecule has 0 aliphatic carbocycles. The number of hydrogen-bond donors (Lipinski definition) is 3. The second-order valence-corrected chi connectivity index (χ2v) is 3.93. The van der Waals surface area contributed by atoms with E-state index in [-0.39, 0.29) is 15.6 Å². The number of halogens is 2. The highest BCUT2D eigenvalue weighted by Crippen LogP contribution is 2.23. The zero-order chi connectivity index (χ0) is 12.3. The summed E-state index contributed by atoms with van der Waals surface area (Å²) in [5.41, 5.74) is 5.24. The van der Waals surface area contributed by atoms with Crippen molar-refractivity contribution in [1.29, 1.82) is 0 Å². The van der Waals surface area contributed by atoms with Gasteiger partial charge < -0.3 is 4.98 Å². The normalized spacial score (nSPS) is 10.0. The maximum atomic E-state index is 11.8. The lowest BCUT2D eigenvalue weighted by atomic mass is 10.2. The third kappa shape index (κ3) is 2.69. The summed E-state index contributed by atoms with van der Waals surface area (Å²) in [6.07, 6.45) is 3.17. The van der Waals surface area contributed by atoms with Crippen LogP contribution in [0.15, 0.2) is 30.6 Å². The highest BCUT2D eigenvalue weighted by atomic mass is 35.5. The van der Waals surface area contributed by atoms with E-state index < -0.39 is 5.91 Å². The second kappa shape index (κ2) is 5.07. The van der Waals surface area contributed by atoms with Gasteiger partial charge in [-0.05, 0) is 12.1 Å². The average Bonchev–Trinajstić information content (AvgIpc) is 2.79. The van der Waals surface area contributed by atoms with Gasteiger partial charge in [0.25, 0.3) is 5.91 Å². The first-order valence-corrected chi connectivity index (χ1v) is 5.44. The Morgan fingerprint density at radius 2 is 2.00 bits per heavy atom. The predicted molar refractivity (Wildman–Crippen MR) is 66.1 cm³/mol. The van der Waals surface area contributed by atoms with Crippen LogP contribution in [0.3, 0.4) is 0 Å². The zero-order valence-electron chi connectivity index (χ0n) is 8.50. The summed E-state index contributed by atoms with van der Waals surface area (Å²) in [4.78, 5) is 18.4. The van der Waals surface area contributed by atoms with Crippen molar-refractivity contribution in [2.24, 2.45) is 0 Å². The Bertz CT molecular complexity index is 507. The van der Waals surface area contributed by atoms with Crippen molar-refractivity contribution in [2.75, 3.05) is 5.43 Å². The minimum Gasteiger partial charge on any atom is -0.330 e. The van der Waals surface area contributed by atoms with Crippen molar-refractivity contribution < 1.29 is 4.79 Å². The summed E-state index contributed by atoms with van der Waals surface area (Å²) in [5.74, 6) is -0.0153. The SMILES string of the molecule is O=C(NNc1ncc[nH]1)c1c(Cl)cccc1Cl. The minimum atomic E-state index is -0.433. The molecule has 0 spiro atoms. The number of hydrogen-bond acceptors (Lipinski definition) is 3. The lowest BCUT2D eigenvalue weighted by Gasteiger charge is -2.08. The molecule has 0 radical (unpaired) electrons. The molecule has 0 saturated carbocycles. The van der Waals surface area contributed by atoms with Crippen molar-refractivity contribution in [2.45, 2.75) is 0 Å². The molecule has 3 N–H and O–H groups in total. The van der Waals surface area contributed by atoms with Crippen LogP contribution < -0.4 is 10.9 Å². The van der Waals surface area contributed by atoms with E-state index in [9.17, 15) is 4.79 Å². The summed E-state index contributed by atoms with van der Waals surface area (Å²) in [6, 6.07) is 4.85. The number of rotatable bonds is 3. The van der Waals surface area contributed by atoms with Gasteiger partial charge in [0.2, 0.25) is 5.95 Å². The smallest absolute Gasteiger partial charge is 0.272 e. The van der Waals surface area contributed by atoms with E-state index in [2.05, 4.69) is 20.8 Å². The van der Waals surface area contributed by atoms with E-state index in [1.54, 1.807) is 30.6 Å². The van der Waals surface area contributed by atoms with Crippen LogP contribution >= 0.6 is 23.2 Å². The molecule has 17 heavy (non-hydrogen) atoms. The van der Waals surface area contributed by atoms with Gasteiger partial charge >= 0.3 is 0 Å². The van der Waals surface area contributed by atoms with Gasteiger partial charge in [0, 0.05) is 12.4 Å². The van der Waals surface area contributed by atoms with Crippen molar-refractivity contribution in [1.82, 2.24) is 15.4 Å². The Balaban J connectivity index is 2.10. The zero-order valence-corrected chi connectivity index (χ0v) is 10.0. The standard InChI is InChI=1S/C10H8Cl2N4O/c11-6-2-1-3-7(12)8(6)9(17)15-16-10-13-4-5-14-10/h1-5H,(H,15,17)(H2,13,14,16). The van der Waals surface area contributed by atoms with Gasteiger partial charge in [-0.3, -0.25) is 15.6 Å². The van der Waals surface area contributed by atoms with Gasteiger partial charge in [0.05, 0.1) is 15.6 Å². The molecule has 0 bridgehead atoms. The molecule has 1 heterocycles. The Hall–Kier alpha value is -1.72. The molecule has 0 saturated heterocycles. The van der Waals surface area contributed by atoms with Crippen LogP contribution in [0.1, 0.15) is 10.4 Å². The molecule has 2 aromatic rings. The molecule has 1 aromatic heterocycles. The van der Waals surface area contributed by atoms with Crippen LogP contribution in [-0.4, -0.2) is 15.9 Å².